The van der Waals surface area contributed by atoms with Crippen LogP contribution in [0.25, 0.3) is 11.3 Å². The lowest BCUT2D eigenvalue weighted by Gasteiger charge is -2.05. The zero-order valence-corrected chi connectivity index (χ0v) is 9.64. The van der Waals surface area contributed by atoms with Gasteiger partial charge in [-0.1, -0.05) is 0 Å². The van der Waals surface area contributed by atoms with Gasteiger partial charge in [0.2, 0.25) is 6.79 Å². The minimum atomic E-state index is -1.12. The maximum atomic E-state index is 12.8. The van der Waals surface area contributed by atoms with E-state index in [1.165, 1.54) is 6.07 Å². The number of aromatic nitrogens is 2. The third kappa shape index (κ3) is 1.88. The number of hydrogen-bond acceptors (Lipinski definition) is 4. The Kier molecular flexibility index (Phi) is 2.59. The van der Waals surface area contributed by atoms with Crippen molar-refractivity contribution >= 4 is 5.97 Å². The average molecular weight is 264 g/mol. The molecule has 0 saturated heterocycles. The number of nitrogens with zero attached hydrogens (tertiary/aromatic N) is 1. The van der Waals surface area contributed by atoms with Crippen LogP contribution in [0.3, 0.4) is 0 Å². The SMILES string of the molecule is O=C(O)c1cc(-c2cc(CF)cc3c2OCO3)n[nH]1. The van der Waals surface area contributed by atoms with Crippen LogP contribution in [0, 0.1) is 0 Å². The number of H-pyrrole nitrogens is 1. The third-order valence-electron chi connectivity index (χ3n) is 2.77. The molecule has 1 aromatic heterocycles. The van der Waals surface area contributed by atoms with E-state index < -0.39 is 12.6 Å². The van der Waals surface area contributed by atoms with E-state index in [-0.39, 0.29) is 12.5 Å². The summed E-state index contributed by atoms with van der Waals surface area (Å²) in [5.41, 5.74) is 1.24. The fraction of sp³-hybridized carbons (Fsp3) is 0.167. The fourth-order valence-corrected chi connectivity index (χ4v) is 1.90. The lowest BCUT2D eigenvalue weighted by atomic mass is 10.1. The first-order chi connectivity index (χ1) is 9.19. The molecule has 0 saturated carbocycles. The number of aromatic amines is 1. The third-order valence-corrected chi connectivity index (χ3v) is 2.77. The second kappa shape index (κ2) is 4.27. The van der Waals surface area contributed by atoms with Crippen LogP contribution in [0.2, 0.25) is 0 Å². The van der Waals surface area contributed by atoms with E-state index in [4.69, 9.17) is 14.6 Å². The predicted octanol–water partition coefficient (Wildman–Crippen LogP) is 1.97. The van der Waals surface area contributed by atoms with Crippen molar-refractivity contribution in [1.82, 2.24) is 10.2 Å². The molecule has 1 aliphatic heterocycles. The van der Waals surface area contributed by atoms with Crippen molar-refractivity contribution < 1.29 is 23.8 Å². The lowest BCUT2D eigenvalue weighted by Crippen LogP contribution is -1.95. The number of aromatic carboxylic acids is 1. The summed E-state index contributed by atoms with van der Waals surface area (Å²) >= 11 is 0. The second-order valence-electron chi connectivity index (χ2n) is 3.98. The van der Waals surface area contributed by atoms with Gasteiger partial charge in [0.05, 0.1) is 5.69 Å². The summed E-state index contributed by atoms with van der Waals surface area (Å²) in [6.45, 7) is -0.603. The topological polar surface area (TPSA) is 84.4 Å². The van der Waals surface area contributed by atoms with Gasteiger partial charge in [0, 0.05) is 5.56 Å². The molecule has 1 aliphatic rings. The number of carboxylic acids is 1. The van der Waals surface area contributed by atoms with E-state index >= 15 is 0 Å². The van der Waals surface area contributed by atoms with E-state index in [9.17, 15) is 9.18 Å². The molecule has 0 bridgehead atoms. The van der Waals surface area contributed by atoms with Crippen LogP contribution in [0.15, 0.2) is 18.2 Å². The monoisotopic (exact) mass is 264 g/mol. The summed E-state index contributed by atoms with van der Waals surface area (Å²) < 4.78 is 23.3. The number of benzene rings is 1. The molecular formula is C12H9FN2O4. The molecule has 7 heteroatoms. The van der Waals surface area contributed by atoms with E-state index in [0.717, 1.165) is 0 Å². The van der Waals surface area contributed by atoms with Crippen LogP contribution in [-0.2, 0) is 6.67 Å². The summed E-state index contributed by atoms with van der Waals surface area (Å²) in [7, 11) is 0. The summed E-state index contributed by atoms with van der Waals surface area (Å²) in [6.07, 6.45) is 0. The van der Waals surface area contributed by atoms with Gasteiger partial charge < -0.3 is 14.6 Å². The van der Waals surface area contributed by atoms with Gasteiger partial charge in [-0.3, -0.25) is 5.10 Å². The molecule has 0 radical (unpaired) electrons. The number of carbonyl (C=O) groups is 1. The molecule has 0 amide bonds. The highest BCUT2D eigenvalue weighted by molar-refractivity contribution is 5.87. The lowest BCUT2D eigenvalue weighted by molar-refractivity contribution is 0.0690. The Bertz CT molecular complexity index is 653. The Morgan fingerprint density at radius 3 is 2.95 bits per heavy atom. The Labute approximate surface area is 106 Å². The summed E-state index contributed by atoms with van der Waals surface area (Å²) in [5.74, 6) is -0.236. The highest BCUT2D eigenvalue weighted by atomic mass is 19.1. The van der Waals surface area contributed by atoms with Gasteiger partial charge in [0.1, 0.15) is 12.4 Å². The molecular weight excluding hydrogens is 255 g/mol. The molecule has 0 aliphatic carbocycles. The Morgan fingerprint density at radius 2 is 2.26 bits per heavy atom. The maximum absolute atomic E-state index is 12.8. The van der Waals surface area contributed by atoms with E-state index in [1.807, 2.05) is 0 Å². The molecule has 0 spiro atoms. The van der Waals surface area contributed by atoms with Gasteiger partial charge >= 0.3 is 5.97 Å². The number of halogens is 1. The largest absolute Gasteiger partial charge is 0.477 e. The second-order valence-corrected chi connectivity index (χ2v) is 3.98. The van der Waals surface area contributed by atoms with E-state index in [2.05, 4.69) is 10.2 Å². The molecule has 2 aromatic rings. The Hall–Kier alpha value is -2.57. The van der Waals surface area contributed by atoms with Crippen molar-refractivity contribution in [3.8, 4) is 22.8 Å². The standard InChI is InChI=1S/C12H9FN2O4/c13-4-6-1-7(11-10(2-6)18-5-19-11)8-3-9(12(16)17)15-14-8/h1-3H,4-5H2,(H,14,15)(H,16,17). The Morgan fingerprint density at radius 1 is 1.42 bits per heavy atom. The minimum absolute atomic E-state index is 0.0479. The molecule has 98 valence electrons. The van der Waals surface area contributed by atoms with Crippen LogP contribution < -0.4 is 9.47 Å². The van der Waals surface area contributed by atoms with Gasteiger partial charge in [0.25, 0.3) is 0 Å². The number of alkyl halides is 1. The van der Waals surface area contributed by atoms with E-state index in [0.29, 0.717) is 28.3 Å². The molecule has 3 rings (SSSR count). The highest BCUT2D eigenvalue weighted by Gasteiger charge is 2.22. The van der Waals surface area contributed by atoms with Crippen molar-refractivity contribution in [2.45, 2.75) is 6.67 Å². The fourth-order valence-electron chi connectivity index (χ4n) is 1.90. The van der Waals surface area contributed by atoms with Crippen LogP contribution >= 0.6 is 0 Å². The highest BCUT2D eigenvalue weighted by Crippen LogP contribution is 2.42. The minimum Gasteiger partial charge on any atom is -0.477 e. The maximum Gasteiger partial charge on any atom is 0.353 e. The molecule has 2 N–H and O–H groups in total. The van der Waals surface area contributed by atoms with Gasteiger partial charge in [-0.05, 0) is 23.8 Å². The normalized spacial score (nSPS) is 12.7. The molecule has 6 nitrogen and oxygen atoms in total. The molecule has 0 fully saturated rings. The molecule has 0 unspecified atom stereocenters. The first-order valence-electron chi connectivity index (χ1n) is 5.46. The van der Waals surface area contributed by atoms with Crippen LogP contribution in [0.1, 0.15) is 16.1 Å². The number of fused-ring (bicyclic) bond motifs is 1. The first-order valence-corrected chi connectivity index (χ1v) is 5.46. The number of ether oxygens (including phenoxy) is 2. The first kappa shape index (κ1) is 11.5. The van der Waals surface area contributed by atoms with Gasteiger partial charge in [-0.2, -0.15) is 5.10 Å². The van der Waals surface area contributed by atoms with Crippen molar-refractivity contribution in [3.05, 3.63) is 29.5 Å². The molecule has 2 heterocycles. The molecule has 1 aromatic carbocycles. The van der Waals surface area contributed by atoms with Gasteiger partial charge in [-0.15, -0.1) is 0 Å². The summed E-state index contributed by atoms with van der Waals surface area (Å²) in [6, 6.07) is 4.48. The molecule has 19 heavy (non-hydrogen) atoms. The number of rotatable bonds is 3. The van der Waals surface area contributed by atoms with Crippen LogP contribution in [-0.4, -0.2) is 28.1 Å². The number of hydrogen-bond donors (Lipinski definition) is 2. The predicted molar refractivity (Wildman–Crippen MR) is 61.9 cm³/mol. The quantitative estimate of drug-likeness (QED) is 0.885. The average Bonchev–Trinajstić information content (AvgIpc) is 3.06. The van der Waals surface area contributed by atoms with Crippen LogP contribution in [0.5, 0.6) is 11.5 Å². The number of nitrogens with one attached hydrogen (secondary N) is 1. The number of carboxylic acid groups (broad SMARTS) is 1. The summed E-state index contributed by atoms with van der Waals surface area (Å²) in [5, 5.41) is 15.1. The zero-order chi connectivity index (χ0) is 13.4. The Balaban J connectivity index is 2.13. The van der Waals surface area contributed by atoms with Crippen molar-refractivity contribution in [2.75, 3.05) is 6.79 Å². The van der Waals surface area contributed by atoms with Crippen molar-refractivity contribution in [3.63, 3.8) is 0 Å². The van der Waals surface area contributed by atoms with Gasteiger partial charge in [-0.25, -0.2) is 9.18 Å². The smallest absolute Gasteiger partial charge is 0.353 e. The van der Waals surface area contributed by atoms with Crippen LogP contribution in [0.4, 0.5) is 4.39 Å². The van der Waals surface area contributed by atoms with Crippen molar-refractivity contribution in [1.29, 1.82) is 0 Å². The van der Waals surface area contributed by atoms with Gasteiger partial charge in [0.15, 0.2) is 11.5 Å². The van der Waals surface area contributed by atoms with Crippen molar-refractivity contribution in [2.24, 2.45) is 0 Å². The summed E-state index contributed by atoms with van der Waals surface area (Å²) in [4.78, 5) is 10.8. The zero-order valence-electron chi connectivity index (χ0n) is 9.64. The van der Waals surface area contributed by atoms with E-state index in [1.54, 1.807) is 12.1 Å². The molecule has 0 atom stereocenters.